The fourth-order valence-electron chi connectivity index (χ4n) is 1.82. The molecule has 0 bridgehead atoms. The first-order valence-corrected chi connectivity index (χ1v) is 7.76. The molecule has 4 nitrogen and oxygen atoms in total. The number of halogens is 2. The predicted molar refractivity (Wildman–Crippen MR) is 94.3 cm³/mol. The maximum atomic E-state index is 12.1. The van der Waals surface area contributed by atoms with Crippen LogP contribution in [0.25, 0.3) is 0 Å². The summed E-state index contributed by atoms with van der Waals surface area (Å²) >= 11 is 8.43. The summed E-state index contributed by atoms with van der Waals surface area (Å²) in [6, 6.07) is 10.9. The lowest BCUT2D eigenvalue weighted by molar-refractivity contribution is 0.0527. The number of rotatable bonds is 4. The number of anilines is 3. The molecule has 0 fully saturated rings. The Kier molecular flexibility index (Phi) is 5.30. The van der Waals surface area contributed by atoms with Crippen LogP contribution in [0.5, 0.6) is 0 Å². The van der Waals surface area contributed by atoms with E-state index in [0.29, 0.717) is 22.0 Å². The third-order valence-electron chi connectivity index (χ3n) is 2.74. The minimum Gasteiger partial charge on any atom is -0.462 e. The highest BCUT2D eigenvalue weighted by atomic mass is 127. The lowest BCUT2D eigenvalue weighted by atomic mass is 10.1. The number of carbonyl (C=O) groups is 1. The van der Waals surface area contributed by atoms with Crippen LogP contribution < -0.4 is 11.1 Å². The topological polar surface area (TPSA) is 64.3 Å². The van der Waals surface area contributed by atoms with Crippen molar-refractivity contribution in [3.05, 3.63) is 50.6 Å². The Balaban J connectivity index is 2.47. The van der Waals surface area contributed by atoms with Crippen molar-refractivity contribution in [3.63, 3.8) is 0 Å². The zero-order valence-electron chi connectivity index (χ0n) is 11.3. The van der Waals surface area contributed by atoms with E-state index in [4.69, 9.17) is 22.1 Å². The quantitative estimate of drug-likeness (QED) is 0.439. The van der Waals surface area contributed by atoms with Crippen LogP contribution in [0.4, 0.5) is 17.1 Å². The van der Waals surface area contributed by atoms with Crippen LogP contribution in [0.1, 0.15) is 17.3 Å². The van der Waals surface area contributed by atoms with Crippen LogP contribution in [0.15, 0.2) is 36.4 Å². The molecule has 110 valence electrons. The maximum Gasteiger partial charge on any atom is 0.340 e. The summed E-state index contributed by atoms with van der Waals surface area (Å²) in [6.45, 7) is 2.03. The van der Waals surface area contributed by atoms with Crippen LogP contribution >= 0.6 is 34.2 Å². The largest absolute Gasteiger partial charge is 0.462 e. The van der Waals surface area contributed by atoms with Gasteiger partial charge < -0.3 is 15.8 Å². The number of para-hydroxylation sites is 1. The van der Waals surface area contributed by atoms with Gasteiger partial charge >= 0.3 is 5.97 Å². The number of hydrogen-bond acceptors (Lipinski definition) is 4. The van der Waals surface area contributed by atoms with Gasteiger partial charge in [0.2, 0.25) is 0 Å². The number of ether oxygens (including phenoxy) is 1. The van der Waals surface area contributed by atoms with E-state index in [9.17, 15) is 4.79 Å². The van der Waals surface area contributed by atoms with Gasteiger partial charge in [-0.15, -0.1) is 0 Å². The molecule has 0 heterocycles. The van der Waals surface area contributed by atoms with Gasteiger partial charge in [0.1, 0.15) is 0 Å². The van der Waals surface area contributed by atoms with Crippen molar-refractivity contribution in [3.8, 4) is 0 Å². The van der Waals surface area contributed by atoms with E-state index in [-0.39, 0.29) is 6.61 Å². The number of benzene rings is 2. The SMILES string of the molecule is CCOC(=O)c1cc(N)cc(Cl)c1Nc1ccccc1I. The lowest BCUT2D eigenvalue weighted by Crippen LogP contribution is -2.09. The Morgan fingerprint density at radius 1 is 1.38 bits per heavy atom. The average molecular weight is 417 g/mol. The highest BCUT2D eigenvalue weighted by Gasteiger charge is 2.17. The molecular formula is C15H14ClIN2O2. The third-order valence-corrected chi connectivity index (χ3v) is 3.98. The van der Waals surface area contributed by atoms with E-state index in [1.54, 1.807) is 19.1 Å². The van der Waals surface area contributed by atoms with Gasteiger partial charge in [0.15, 0.2) is 0 Å². The van der Waals surface area contributed by atoms with E-state index >= 15 is 0 Å². The van der Waals surface area contributed by atoms with E-state index in [2.05, 4.69) is 27.9 Å². The molecule has 0 unspecified atom stereocenters. The molecule has 21 heavy (non-hydrogen) atoms. The van der Waals surface area contributed by atoms with Crippen molar-refractivity contribution >= 4 is 57.2 Å². The van der Waals surface area contributed by atoms with E-state index in [1.807, 2.05) is 24.3 Å². The normalized spacial score (nSPS) is 10.2. The average Bonchev–Trinajstić information content (AvgIpc) is 2.43. The molecule has 0 saturated carbocycles. The predicted octanol–water partition coefficient (Wildman–Crippen LogP) is 4.45. The van der Waals surface area contributed by atoms with Crippen LogP contribution in [-0.4, -0.2) is 12.6 Å². The summed E-state index contributed by atoms with van der Waals surface area (Å²) < 4.78 is 6.06. The molecule has 0 radical (unpaired) electrons. The van der Waals surface area contributed by atoms with Crippen LogP contribution in [0, 0.1) is 3.57 Å². The molecule has 0 aliphatic carbocycles. The third kappa shape index (κ3) is 3.79. The minimum absolute atomic E-state index is 0.285. The monoisotopic (exact) mass is 416 g/mol. The van der Waals surface area contributed by atoms with E-state index in [0.717, 1.165) is 9.26 Å². The zero-order valence-corrected chi connectivity index (χ0v) is 14.2. The Labute approximate surface area is 141 Å². The van der Waals surface area contributed by atoms with Gasteiger partial charge in [-0.1, -0.05) is 23.7 Å². The molecule has 0 aliphatic rings. The molecule has 0 atom stereocenters. The lowest BCUT2D eigenvalue weighted by Gasteiger charge is -2.15. The first-order chi connectivity index (χ1) is 10.0. The molecule has 0 aliphatic heterocycles. The van der Waals surface area contributed by atoms with Crippen LogP contribution in [0.3, 0.4) is 0 Å². The first kappa shape index (κ1) is 15.9. The highest BCUT2D eigenvalue weighted by molar-refractivity contribution is 14.1. The number of esters is 1. The summed E-state index contributed by atoms with van der Waals surface area (Å²) in [5, 5.41) is 3.55. The van der Waals surface area contributed by atoms with Gasteiger partial charge in [-0.05, 0) is 53.8 Å². The van der Waals surface area contributed by atoms with Crippen molar-refractivity contribution < 1.29 is 9.53 Å². The Morgan fingerprint density at radius 2 is 2.10 bits per heavy atom. The second-order valence-corrected chi connectivity index (χ2v) is 5.82. The molecule has 6 heteroatoms. The summed E-state index contributed by atoms with van der Waals surface area (Å²) in [5.74, 6) is -0.458. The van der Waals surface area contributed by atoms with Crippen LogP contribution in [-0.2, 0) is 4.74 Å². The number of hydrogen-bond donors (Lipinski definition) is 2. The van der Waals surface area contributed by atoms with E-state index < -0.39 is 5.97 Å². The Hall–Kier alpha value is -1.47. The maximum absolute atomic E-state index is 12.1. The fraction of sp³-hybridized carbons (Fsp3) is 0.133. The Morgan fingerprint density at radius 3 is 2.76 bits per heavy atom. The molecule has 3 N–H and O–H groups in total. The molecule has 2 rings (SSSR count). The van der Waals surface area contributed by atoms with Gasteiger partial charge in [-0.3, -0.25) is 0 Å². The summed E-state index contributed by atoms with van der Waals surface area (Å²) in [5.41, 5.74) is 7.85. The zero-order chi connectivity index (χ0) is 15.4. The van der Waals surface area contributed by atoms with Crippen molar-refractivity contribution in [2.75, 3.05) is 17.7 Å². The smallest absolute Gasteiger partial charge is 0.340 e. The fourth-order valence-corrected chi connectivity index (χ4v) is 2.62. The second-order valence-electron chi connectivity index (χ2n) is 4.25. The highest BCUT2D eigenvalue weighted by Crippen LogP contribution is 2.33. The van der Waals surface area contributed by atoms with Crippen molar-refractivity contribution in [2.24, 2.45) is 0 Å². The van der Waals surface area contributed by atoms with E-state index in [1.165, 1.54) is 0 Å². The molecule has 2 aromatic rings. The number of carbonyl (C=O) groups excluding carboxylic acids is 1. The summed E-state index contributed by atoms with van der Waals surface area (Å²) in [6.07, 6.45) is 0. The molecule has 0 aromatic heterocycles. The molecule has 0 spiro atoms. The first-order valence-electron chi connectivity index (χ1n) is 6.30. The summed E-state index contributed by atoms with van der Waals surface area (Å²) in [7, 11) is 0. The molecular weight excluding hydrogens is 403 g/mol. The van der Waals surface area contributed by atoms with Gasteiger partial charge in [-0.25, -0.2) is 4.79 Å². The van der Waals surface area contributed by atoms with Crippen molar-refractivity contribution in [2.45, 2.75) is 6.92 Å². The minimum atomic E-state index is -0.458. The number of nitrogen functional groups attached to an aromatic ring is 1. The molecule has 2 aromatic carbocycles. The van der Waals surface area contributed by atoms with Gasteiger partial charge in [0.25, 0.3) is 0 Å². The Bertz CT molecular complexity index is 677. The molecule has 0 saturated heterocycles. The van der Waals surface area contributed by atoms with Gasteiger partial charge in [0, 0.05) is 9.26 Å². The molecule has 0 amide bonds. The van der Waals surface area contributed by atoms with Gasteiger partial charge in [0.05, 0.1) is 28.6 Å². The summed E-state index contributed by atoms with van der Waals surface area (Å²) in [4.78, 5) is 12.1. The van der Waals surface area contributed by atoms with Crippen molar-refractivity contribution in [1.82, 2.24) is 0 Å². The van der Waals surface area contributed by atoms with Crippen LogP contribution in [0.2, 0.25) is 5.02 Å². The van der Waals surface area contributed by atoms with Gasteiger partial charge in [-0.2, -0.15) is 0 Å². The number of nitrogens with two attached hydrogens (primary N) is 1. The van der Waals surface area contributed by atoms with Crippen molar-refractivity contribution in [1.29, 1.82) is 0 Å². The standard InChI is InChI=1S/C15H14ClIN2O2/c1-2-21-15(20)10-7-9(18)8-11(16)14(10)19-13-6-4-3-5-12(13)17/h3-8,19H,2,18H2,1H3. The second kappa shape index (κ2) is 7.00. The number of nitrogens with one attached hydrogen (secondary N) is 1.